The Morgan fingerprint density at radius 3 is 2.64 bits per heavy atom. The highest BCUT2D eigenvalue weighted by Gasteiger charge is 2.15. The highest BCUT2D eigenvalue weighted by atomic mass is 32.1. The molecule has 0 saturated heterocycles. The van der Waals surface area contributed by atoms with Crippen LogP contribution < -0.4 is 0 Å². The number of fused-ring (bicyclic) bond motifs is 1. The maximum absolute atomic E-state index is 2.33. The van der Waals surface area contributed by atoms with Crippen molar-refractivity contribution in [2.75, 3.05) is 0 Å². The monoisotopic (exact) mass is 164 g/mol. The molecule has 0 saturated carbocycles. The summed E-state index contributed by atoms with van der Waals surface area (Å²) in [5, 5.41) is 0. The lowest BCUT2D eigenvalue weighted by Crippen LogP contribution is -1.73. The quantitative estimate of drug-likeness (QED) is 0.551. The van der Waals surface area contributed by atoms with E-state index in [4.69, 9.17) is 0 Å². The summed E-state index contributed by atoms with van der Waals surface area (Å²) < 4.78 is 0. The molecule has 1 aromatic rings. The Hall–Kier alpha value is -0.560. The van der Waals surface area contributed by atoms with Crippen LogP contribution in [0.5, 0.6) is 0 Å². The van der Waals surface area contributed by atoms with Crippen molar-refractivity contribution in [3.05, 3.63) is 26.5 Å². The highest BCUT2D eigenvalue weighted by Crippen LogP contribution is 2.35. The molecule has 1 heteroatoms. The van der Waals surface area contributed by atoms with Gasteiger partial charge in [-0.2, -0.15) is 0 Å². The molecular weight excluding hydrogens is 152 g/mol. The third kappa shape index (κ3) is 0.951. The minimum Gasteiger partial charge on any atom is -0.144 e. The molecule has 1 aliphatic carbocycles. The maximum Gasteiger partial charge on any atom is 0.0164 e. The van der Waals surface area contributed by atoms with E-state index in [2.05, 4.69) is 26.8 Å². The molecule has 1 heterocycles. The first-order valence-corrected chi connectivity index (χ1v) is 4.76. The lowest BCUT2D eigenvalue weighted by Gasteiger charge is -1.89. The SMILES string of the molecule is CC1=Cc2c(sc(C)c2C)C1. The molecule has 1 aliphatic rings. The van der Waals surface area contributed by atoms with Gasteiger partial charge in [-0.3, -0.25) is 0 Å². The van der Waals surface area contributed by atoms with Gasteiger partial charge in [0.05, 0.1) is 0 Å². The molecule has 2 rings (SSSR count). The van der Waals surface area contributed by atoms with Crippen LogP contribution in [0.15, 0.2) is 5.57 Å². The molecule has 58 valence electrons. The van der Waals surface area contributed by atoms with E-state index in [0.717, 1.165) is 0 Å². The van der Waals surface area contributed by atoms with Gasteiger partial charge < -0.3 is 0 Å². The van der Waals surface area contributed by atoms with Crippen molar-refractivity contribution in [2.45, 2.75) is 27.2 Å². The Bertz CT molecular complexity index is 329. The lowest BCUT2D eigenvalue weighted by atomic mass is 10.2. The molecule has 0 bridgehead atoms. The van der Waals surface area contributed by atoms with Crippen LogP contribution in [0.2, 0.25) is 0 Å². The smallest absolute Gasteiger partial charge is 0.0164 e. The predicted octanol–water partition coefficient (Wildman–Crippen LogP) is 3.32. The van der Waals surface area contributed by atoms with Crippen LogP contribution in [0.1, 0.15) is 27.8 Å². The fourth-order valence-corrected chi connectivity index (χ4v) is 2.84. The average molecular weight is 164 g/mol. The van der Waals surface area contributed by atoms with Crippen molar-refractivity contribution in [1.82, 2.24) is 0 Å². The Balaban J connectivity index is 2.61. The molecule has 0 spiro atoms. The van der Waals surface area contributed by atoms with Gasteiger partial charge in [0.2, 0.25) is 0 Å². The van der Waals surface area contributed by atoms with Crippen LogP contribution in [0.3, 0.4) is 0 Å². The molecule has 0 atom stereocenters. The second-order valence-electron chi connectivity index (χ2n) is 3.29. The average Bonchev–Trinajstić information content (AvgIpc) is 2.37. The van der Waals surface area contributed by atoms with Crippen molar-refractivity contribution in [1.29, 1.82) is 0 Å². The number of rotatable bonds is 0. The molecule has 11 heavy (non-hydrogen) atoms. The van der Waals surface area contributed by atoms with Gasteiger partial charge in [-0.1, -0.05) is 11.6 Å². The van der Waals surface area contributed by atoms with Crippen LogP contribution in [0.25, 0.3) is 6.08 Å². The number of hydrogen-bond donors (Lipinski definition) is 0. The second-order valence-corrected chi connectivity index (χ2v) is 4.60. The van der Waals surface area contributed by atoms with Gasteiger partial charge >= 0.3 is 0 Å². The zero-order chi connectivity index (χ0) is 8.01. The van der Waals surface area contributed by atoms with Crippen LogP contribution in [-0.2, 0) is 6.42 Å². The number of aryl methyl sites for hydroxylation is 1. The molecule has 0 unspecified atom stereocenters. The van der Waals surface area contributed by atoms with Gasteiger partial charge in [-0.05, 0) is 31.9 Å². The largest absolute Gasteiger partial charge is 0.144 e. The second kappa shape index (κ2) is 2.21. The van der Waals surface area contributed by atoms with Crippen molar-refractivity contribution >= 4 is 17.4 Å². The molecule has 0 fully saturated rings. The normalized spacial score (nSPS) is 15.0. The number of thiophene rings is 1. The number of allylic oxidation sites excluding steroid dienone is 1. The summed E-state index contributed by atoms with van der Waals surface area (Å²) in [4.78, 5) is 3.05. The first-order valence-electron chi connectivity index (χ1n) is 3.94. The van der Waals surface area contributed by atoms with Crippen molar-refractivity contribution in [3.63, 3.8) is 0 Å². The fourth-order valence-electron chi connectivity index (χ4n) is 1.59. The van der Waals surface area contributed by atoms with Gasteiger partial charge in [0.15, 0.2) is 0 Å². The van der Waals surface area contributed by atoms with E-state index in [0.29, 0.717) is 0 Å². The summed E-state index contributed by atoms with van der Waals surface area (Å²) in [6.45, 7) is 6.64. The summed E-state index contributed by atoms with van der Waals surface area (Å²) in [6.07, 6.45) is 3.52. The van der Waals surface area contributed by atoms with Gasteiger partial charge in [0.25, 0.3) is 0 Å². The van der Waals surface area contributed by atoms with Gasteiger partial charge in [-0.25, -0.2) is 0 Å². The summed E-state index contributed by atoms with van der Waals surface area (Å²) in [7, 11) is 0. The van der Waals surface area contributed by atoms with E-state index in [-0.39, 0.29) is 0 Å². The molecule has 0 radical (unpaired) electrons. The topological polar surface area (TPSA) is 0 Å². The molecule has 0 amide bonds. The molecule has 0 N–H and O–H groups in total. The third-order valence-corrected chi connectivity index (χ3v) is 3.56. The minimum absolute atomic E-state index is 1.19. The van der Waals surface area contributed by atoms with Crippen LogP contribution in [0.4, 0.5) is 0 Å². The van der Waals surface area contributed by atoms with Gasteiger partial charge in [-0.15, -0.1) is 11.3 Å². The molecule has 0 nitrogen and oxygen atoms in total. The summed E-state index contributed by atoms with van der Waals surface area (Å²) in [5.74, 6) is 0. The Kier molecular flexibility index (Phi) is 1.43. The first kappa shape index (κ1) is 7.11. The van der Waals surface area contributed by atoms with Crippen molar-refractivity contribution in [2.24, 2.45) is 0 Å². The Morgan fingerprint density at radius 2 is 2.00 bits per heavy atom. The minimum atomic E-state index is 1.19. The van der Waals surface area contributed by atoms with E-state index in [1.807, 2.05) is 11.3 Å². The van der Waals surface area contributed by atoms with Gasteiger partial charge in [0.1, 0.15) is 0 Å². The van der Waals surface area contributed by atoms with E-state index in [1.165, 1.54) is 28.0 Å². The standard InChI is InChI=1S/C10H12S/c1-6-4-9-7(2)8(3)11-10(9)5-6/h4H,5H2,1-3H3. The summed E-state index contributed by atoms with van der Waals surface area (Å²) in [5.41, 5.74) is 4.50. The van der Waals surface area contributed by atoms with Crippen LogP contribution in [0, 0.1) is 13.8 Å². The van der Waals surface area contributed by atoms with E-state index >= 15 is 0 Å². The summed E-state index contributed by atoms with van der Waals surface area (Å²) in [6, 6.07) is 0. The van der Waals surface area contributed by atoms with Crippen LogP contribution >= 0.6 is 11.3 Å². The predicted molar refractivity (Wildman–Crippen MR) is 51.1 cm³/mol. The molecule has 0 aromatic carbocycles. The van der Waals surface area contributed by atoms with E-state index in [1.54, 1.807) is 4.88 Å². The number of hydrogen-bond acceptors (Lipinski definition) is 1. The van der Waals surface area contributed by atoms with E-state index in [9.17, 15) is 0 Å². The fraction of sp³-hybridized carbons (Fsp3) is 0.400. The zero-order valence-electron chi connectivity index (χ0n) is 7.19. The molecule has 1 aromatic heterocycles. The molecule has 0 aliphatic heterocycles. The summed E-state index contributed by atoms with van der Waals surface area (Å²) >= 11 is 1.96. The highest BCUT2D eigenvalue weighted by molar-refractivity contribution is 7.12. The third-order valence-electron chi connectivity index (χ3n) is 2.34. The van der Waals surface area contributed by atoms with Crippen molar-refractivity contribution < 1.29 is 0 Å². The van der Waals surface area contributed by atoms with Crippen molar-refractivity contribution in [3.8, 4) is 0 Å². The lowest BCUT2D eigenvalue weighted by molar-refractivity contribution is 1.23. The molecular formula is C10H12S. The zero-order valence-corrected chi connectivity index (χ0v) is 8.01. The first-order chi connectivity index (χ1) is 5.18. The Morgan fingerprint density at radius 1 is 1.27 bits per heavy atom. The Labute approximate surface area is 71.6 Å². The maximum atomic E-state index is 2.33. The van der Waals surface area contributed by atoms with E-state index < -0.39 is 0 Å². The van der Waals surface area contributed by atoms with Crippen LogP contribution in [-0.4, -0.2) is 0 Å². The van der Waals surface area contributed by atoms with Gasteiger partial charge in [0, 0.05) is 16.2 Å².